The largest absolute Gasteiger partial charge is 0.357 e. The molecule has 0 aliphatic carbocycles. The Morgan fingerprint density at radius 3 is 2.47 bits per heavy atom. The minimum atomic E-state index is -0.208. The summed E-state index contributed by atoms with van der Waals surface area (Å²) in [4.78, 5) is 28.5. The highest BCUT2D eigenvalue weighted by Gasteiger charge is 2.08. The molecule has 4 N–H and O–H groups in total. The van der Waals surface area contributed by atoms with E-state index < -0.39 is 0 Å². The molecule has 0 spiro atoms. The lowest BCUT2D eigenvalue weighted by atomic mass is 10.1. The van der Waals surface area contributed by atoms with E-state index in [9.17, 15) is 9.59 Å². The Hall–Kier alpha value is -3.06. The van der Waals surface area contributed by atoms with Crippen LogP contribution in [0.4, 0.5) is 0 Å². The zero-order valence-electron chi connectivity index (χ0n) is 17.3. The SMILES string of the molecule is CCNC(=NCCc1cccc(C(=O)NC)c1)NCCNC(=O)c1ccccc1Cl. The molecular weight excluding hydrogens is 402 g/mol. The number of nitrogens with zero attached hydrogens (tertiary/aromatic N) is 1. The smallest absolute Gasteiger partial charge is 0.252 e. The Bertz CT molecular complexity index is 885. The third-order valence-electron chi connectivity index (χ3n) is 4.25. The van der Waals surface area contributed by atoms with Crippen molar-refractivity contribution in [2.75, 3.05) is 33.2 Å². The van der Waals surface area contributed by atoms with Crippen LogP contribution in [-0.2, 0) is 6.42 Å². The average Bonchev–Trinajstić information content (AvgIpc) is 2.76. The number of halogens is 1. The molecular formula is C22H28ClN5O2. The number of amides is 2. The number of hydrogen-bond acceptors (Lipinski definition) is 3. The van der Waals surface area contributed by atoms with Gasteiger partial charge in [-0.15, -0.1) is 0 Å². The summed E-state index contributed by atoms with van der Waals surface area (Å²) in [5.41, 5.74) is 2.14. The maximum atomic E-state index is 12.2. The quantitative estimate of drug-likeness (QED) is 0.279. The summed E-state index contributed by atoms with van der Waals surface area (Å²) in [6.45, 7) is 4.24. The number of hydrogen-bond donors (Lipinski definition) is 4. The third kappa shape index (κ3) is 7.40. The van der Waals surface area contributed by atoms with Crippen molar-refractivity contribution in [2.45, 2.75) is 13.3 Å². The third-order valence-corrected chi connectivity index (χ3v) is 4.58. The van der Waals surface area contributed by atoms with Crippen molar-refractivity contribution < 1.29 is 9.59 Å². The van der Waals surface area contributed by atoms with Crippen LogP contribution in [0, 0.1) is 0 Å². The van der Waals surface area contributed by atoms with Crippen LogP contribution in [0.5, 0.6) is 0 Å². The summed E-state index contributed by atoms with van der Waals surface area (Å²) < 4.78 is 0. The van der Waals surface area contributed by atoms with Crippen LogP contribution >= 0.6 is 11.6 Å². The first-order valence-corrected chi connectivity index (χ1v) is 10.3. The molecule has 0 fully saturated rings. The van der Waals surface area contributed by atoms with Crippen molar-refractivity contribution in [3.8, 4) is 0 Å². The van der Waals surface area contributed by atoms with Crippen LogP contribution in [0.2, 0.25) is 5.02 Å². The Kier molecular flexibility index (Phi) is 9.67. The van der Waals surface area contributed by atoms with E-state index >= 15 is 0 Å². The molecule has 0 atom stereocenters. The van der Waals surface area contributed by atoms with Gasteiger partial charge in [0.1, 0.15) is 0 Å². The molecule has 0 radical (unpaired) electrons. The molecule has 0 saturated heterocycles. The normalized spacial score (nSPS) is 11.0. The van der Waals surface area contributed by atoms with Crippen molar-refractivity contribution >= 4 is 29.4 Å². The molecule has 2 aromatic carbocycles. The van der Waals surface area contributed by atoms with E-state index in [1.165, 1.54) is 0 Å². The molecule has 8 heteroatoms. The average molecular weight is 430 g/mol. The standard InChI is InChI=1S/C22H28ClN5O2/c1-3-25-22(27-12-11-16-7-6-8-17(15-16)20(29)24-2)28-14-13-26-21(30)18-9-4-5-10-19(18)23/h4-10,15H,3,11-14H2,1-2H3,(H,24,29)(H,26,30)(H2,25,27,28). The molecule has 160 valence electrons. The highest BCUT2D eigenvalue weighted by molar-refractivity contribution is 6.33. The van der Waals surface area contributed by atoms with Crippen LogP contribution in [0.15, 0.2) is 53.5 Å². The first kappa shape index (κ1) is 23.2. The number of carbonyl (C=O) groups excluding carboxylic acids is 2. The van der Waals surface area contributed by atoms with Crippen LogP contribution in [-0.4, -0.2) is 51.0 Å². The highest BCUT2D eigenvalue weighted by Crippen LogP contribution is 2.14. The molecule has 30 heavy (non-hydrogen) atoms. The highest BCUT2D eigenvalue weighted by atomic mass is 35.5. The number of nitrogens with one attached hydrogen (secondary N) is 4. The topological polar surface area (TPSA) is 94.6 Å². The Labute approximate surface area is 182 Å². The van der Waals surface area contributed by atoms with Crippen LogP contribution in [0.25, 0.3) is 0 Å². The summed E-state index contributed by atoms with van der Waals surface area (Å²) in [7, 11) is 1.62. The second-order valence-electron chi connectivity index (χ2n) is 6.45. The predicted octanol–water partition coefficient (Wildman–Crippen LogP) is 2.23. The molecule has 0 aliphatic heterocycles. The summed E-state index contributed by atoms with van der Waals surface area (Å²) in [5, 5.41) is 12.3. The van der Waals surface area contributed by atoms with E-state index in [0.29, 0.717) is 48.2 Å². The van der Waals surface area contributed by atoms with Crippen LogP contribution < -0.4 is 21.3 Å². The van der Waals surface area contributed by atoms with Gasteiger partial charge in [-0.05, 0) is 43.2 Å². The number of rotatable bonds is 9. The first-order valence-electron chi connectivity index (χ1n) is 9.91. The van der Waals surface area contributed by atoms with Gasteiger partial charge in [-0.3, -0.25) is 14.6 Å². The Morgan fingerprint density at radius 1 is 0.967 bits per heavy atom. The Balaban J connectivity index is 1.81. The van der Waals surface area contributed by atoms with Crippen LogP contribution in [0.1, 0.15) is 33.2 Å². The van der Waals surface area contributed by atoms with Gasteiger partial charge in [-0.2, -0.15) is 0 Å². The molecule has 0 bridgehead atoms. The van der Waals surface area contributed by atoms with Gasteiger partial charge in [0.25, 0.3) is 11.8 Å². The zero-order chi connectivity index (χ0) is 21.8. The molecule has 0 heterocycles. The number of benzene rings is 2. The van der Waals surface area contributed by atoms with Crippen molar-refractivity contribution in [1.82, 2.24) is 21.3 Å². The predicted molar refractivity (Wildman–Crippen MR) is 121 cm³/mol. The van der Waals surface area contributed by atoms with Crippen LogP contribution in [0.3, 0.4) is 0 Å². The maximum absolute atomic E-state index is 12.2. The second kappa shape index (κ2) is 12.5. The van der Waals surface area contributed by atoms with Crippen molar-refractivity contribution in [1.29, 1.82) is 0 Å². The van der Waals surface area contributed by atoms with Gasteiger partial charge in [0.2, 0.25) is 0 Å². The number of guanidine groups is 1. The molecule has 0 aliphatic rings. The monoisotopic (exact) mass is 429 g/mol. The van der Waals surface area contributed by atoms with Gasteiger partial charge >= 0.3 is 0 Å². The van der Waals surface area contributed by atoms with E-state index in [4.69, 9.17) is 11.6 Å². The van der Waals surface area contributed by atoms with Gasteiger partial charge in [0, 0.05) is 38.8 Å². The van der Waals surface area contributed by atoms with E-state index in [2.05, 4.69) is 26.3 Å². The summed E-state index contributed by atoms with van der Waals surface area (Å²) in [6.07, 6.45) is 0.713. The lowest BCUT2D eigenvalue weighted by Gasteiger charge is -2.12. The van der Waals surface area contributed by atoms with Gasteiger partial charge < -0.3 is 21.3 Å². The van der Waals surface area contributed by atoms with Gasteiger partial charge in [-0.25, -0.2) is 0 Å². The molecule has 0 saturated carbocycles. The fourth-order valence-corrected chi connectivity index (χ4v) is 2.97. The van der Waals surface area contributed by atoms with Crippen molar-refractivity contribution in [2.24, 2.45) is 4.99 Å². The first-order chi connectivity index (χ1) is 14.5. The molecule has 2 rings (SSSR count). The maximum Gasteiger partial charge on any atom is 0.252 e. The molecule has 0 unspecified atom stereocenters. The molecule has 0 aromatic heterocycles. The minimum Gasteiger partial charge on any atom is -0.357 e. The van der Waals surface area contributed by atoms with E-state index in [1.807, 2.05) is 25.1 Å². The zero-order valence-corrected chi connectivity index (χ0v) is 18.1. The molecule has 2 aromatic rings. The summed E-state index contributed by atoms with van der Waals surface area (Å²) >= 11 is 6.04. The van der Waals surface area contributed by atoms with Gasteiger partial charge in [0.15, 0.2) is 5.96 Å². The van der Waals surface area contributed by atoms with Crippen molar-refractivity contribution in [3.63, 3.8) is 0 Å². The minimum absolute atomic E-state index is 0.103. The van der Waals surface area contributed by atoms with E-state index in [-0.39, 0.29) is 11.8 Å². The van der Waals surface area contributed by atoms with E-state index in [0.717, 1.165) is 12.1 Å². The Morgan fingerprint density at radius 2 is 1.73 bits per heavy atom. The molecule has 7 nitrogen and oxygen atoms in total. The number of aliphatic imine (C=N–C) groups is 1. The lowest BCUT2D eigenvalue weighted by Crippen LogP contribution is -2.41. The number of carbonyl (C=O) groups is 2. The van der Waals surface area contributed by atoms with Gasteiger partial charge in [-0.1, -0.05) is 35.9 Å². The fraction of sp³-hybridized carbons (Fsp3) is 0.318. The second-order valence-corrected chi connectivity index (χ2v) is 6.86. The van der Waals surface area contributed by atoms with Gasteiger partial charge in [0.05, 0.1) is 10.6 Å². The fourth-order valence-electron chi connectivity index (χ4n) is 2.75. The van der Waals surface area contributed by atoms with Crippen molar-refractivity contribution in [3.05, 3.63) is 70.2 Å². The lowest BCUT2D eigenvalue weighted by molar-refractivity contribution is 0.0949. The summed E-state index contributed by atoms with van der Waals surface area (Å²) in [6, 6.07) is 14.5. The molecule has 2 amide bonds. The van der Waals surface area contributed by atoms with E-state index in [1.54, 1.807) is 37.4 Å². The summed E-state index contributed by atoms with van der Waals surface area (Å²) in [5.74, 6) is 0.362.